The van der Waals surface area contributed by atoms with E-state index < -0.39 is 5.63 Å². The topological polar surface area (TPSA) is 96.2 Å². The maximum atomic E-state index is 12.9. The minimum atomic E-state index is -0.541. The Morgan fingerprint density at radius 2 is 1.94 bits per heavy atom. The number of amides is 1. The smallest absolute Gasteiger partial charge is 0.340 e. The molecule has 0 saturated heterocycles. The molecular weight excluding hydrogens is 426 g/mol. The van der Waals surface area contributed by atoms with Gasteiger partial charge in [0.25, 0.3) is 0 Å². The van der Waals surface area contributed by atoms with Crippen LogP contribution in [0.3, 0.4) is 0 Å². The van der Waals surface area contributed by atoms with Gasteiger partial charge in [0.1, 0.15) is 22.7 Å². The van der Waals surface area contributed by atoms with Gasteiger partial charge in [-0.2, -0.15) is 0 Å². The van der Waals surface area contributed by atoms with Crippen LogP contribution < -0.4 is 29.9 Å². The van der Waals surface area contributed by atoms with E-state index in [1.54, 1.807) is 25.3 Å². The van der Waals surface area contributed by atoms with E-state index in [4.69, 9.17) is 23.4 Å². The largest absolute Gasteiger partial charge is 0.496 e. The summed E-state index contributed by atoms with van der Waals surface area (Å²) in [5.41, 5.74) is 1.96. The summed E-state index contributed by atoms with van der Waals surface area (Å²) in [5.74, 6) is 2.05. The van der Waals surface area contributed by atoms with Crippen LogP contribution in [0.4, 0.5) is 5.69 Å². The molecule has 1 N–H and O–H groups in total. The van der Waals surface area contributed by atoms with E-state index >= 15 is 0 Å². The molecule has 0 radical (unpaired) electrons. The van der Waals surface area contributed by atoms with Gasteiger partial charge in [-0.3, -0.25) is 4.79 Å². The van der Waals surface area contributed by atoms with Gasteiger partial charge in [0.05, 0.1) is 24.5 Å². The van der Waals surface area contributed by atoms with Crippen LogP contribution in [0, 0.1) is 6.92 Å². The highest BCUT2D eigenvalue weighted by atomic mass is 16.7. The van der Waals surface area contributed by atoms with Crippen molar-refractivity contribution < 1.29 is 28.2 Å². The lowest BCUT2D eigenvalue weighted by atomic mass is 9.91. The molecule has 0 spiro atoms. The Bertz CT molecular complexity index is 1340. The summed E-state index contributed by atoms with van der Waals surface area (Å²) in [5, 5.41) is 3.49. The van der Waals surface area contributed by atoms with Gasteiger partial charge < -0.3 is 28.7 Å². The van der Waals surface area contributed by atoms with Gasteiger partial charge in [-0.1, -0.05) is 0 Å². The lowest BCUT2D eigenvalue weighted by Gasteiger charge is -2.33. The van der Waals surface area contributed by atoms with E-state index in [1.165, 1.54) is 0 Å². The molecule has 0 unspecified atom stereocenters. The highest BCUT2D eigenvalue weighted by molar-refractivity contribution is 5.96. The summed E-state index contributed by atoms with van der Waals surface area (Å²) in [6.07, 6.45) is 1.38. The van der Waals surface area contributed by atoms with Crippen LogP contribution >= 0.6 is 0 Å². The minimum Gasteiger partial charge on any atom is -0.496 e. The first-order valence-corrected chi connectivity index (χ1v) is 10.8. The van der Waals surface area contributed by atoms with E-state index in [0.717, 1.165) is 18.4 Å². The zero-order valence-corrected chi connectivity index (χ0v) is 19.0. The summed E-state index contributed by atoms with van der Waals surface area (Å²) in [4.78, 5) is 25.7. The molecule has 0 aliphatic carbocycles. The number of aryl methyl sites for hydroxylation is 2. The zero-order chi connectivity index (χ0) is 23.3. The van der Waals surface area contributed by atoms with Crippen LogP contribution in [-0.2, 0) is 17.6 Å². The van der Waals surface area contributed by atoms with Crippen molar-refractivity contribution in [3.8, 4) is 23.0 Å². The van der Waals surface area contributed by atoms with Gasteiger partial charge in [-0.05, 0) is 51.3 Å². The number of carbonyl (C=O) groups is 1. The third-order valence-corrected chi connectivity index (χ3v) is 6.15. The van der Waals surface area contributed by atoms with E-state index in [0.29, 0.717) is 45.2 Å². The lowest BCUT2D eigenvalue weighted by molar-refractivity contribution is -0.115. The number of methoxy groups -OCH3 is 1. The number of nitrogens with one attached hydrogen (secondary N) is 1. The molecule has 2 aliphatic rings. The molecule has 8 heteroatoms. The number of hydrogen-bond acceptors (Lipinski definition) is 7. The Labute approximate surface area is 190 Å². The number of rotatable bonds is 4. The molecule has 33 heavy (non-hydrogen) atoms. The first-order chi connectivity index (χ1) is 15.8. The summed E-state index contributed by atoms with van der Waals surface area (Å²) >= 11 is 0. The van der Waals surface area contributed by atoms with Crippen molar-refractivity contribution in [3.63, 3.8) is 0 Å². The molecule has 1 amide bonds. The molecule has 5 rings (SSSR count). The fourth-order valence-corrected chi connectivity index (χ4v) is 4.39. The van der Waals surface area contributed by atoms with Crippen LogP contribution in [-0.4, -0.2) is 25.4 Å². The predicted molar refractivity (Wildman–Crippen MR) is 122 cm³/mol. The molecule has 2 aliphatic heterocycles. The zero-order valence-electron chi connectivity index (χ0n) is 19.0. The maximum absolute atomic E-state index is 12.9. The molecule has 0 atom stereocenters. The number of anilines is 1. The van der Waals surface area contributed by atoms with E-state index in [1.807, 2.05) is 26.8 Å². The highest BCUT2D eigenvalue weighted by Crippen LogP contribution is 2.43. The summed E-state index contributed by atoms with van der Waals surface area (Å²) in [6, 6.07) is 6.97. The molecule has 3 aromatic rings. The van der Waals surface area contributed by atoms with Crippen LogP contribution in [0.15, 0.2) is 33.5 Å². The molecule has 0 bridgehead atoms. The third kappa shape index (κ3) is 3.75. The van der Waals surface area contributed by atoms with Crippen LogP contribution in [0.2, 0.25) is 0 Å². The lowest BCUT2D eigenvalue weighted by Crippen LogP contribution is -2.32. The molecule has 3 heterocycles. The molecule has 0 fully saturated rings. The predicted octanol–water partition coefficient (Wildman–Crippen LogP) is 4.12. The van der Waals surface area contributed by atoms with Gasteiger partial charge in [-0.25, -0.2) is 4.79 Å². The van der Waals surface area contributed by atoms with Crippen LogP contribution in [0.5, 0.6) is 23.0 Å². The molecule has 1 aromatic heterocycles. The summed E-state index contributed by atoms with van der Waals surface area (Å²) in [6.45, 7) is 6.01. The number of ether oxygens (including phenoxy) is 4. The Balaban J connectivity index is 1.50. The quantitative estimate of drug-likeness (QED) is 0.596. The van der Waals surface area contributed by atoms with Crippen molar-refractivity contribution in [2.75, 3.05) is 19.2 Å². The first-order valence-electron chi connectivity index (χ1n) is 10.8. The van der Waals surface area contributed by atoms with Gasteiger partial charge in [-0.15, -0.1) is 0 Å². The molecule has 172 valence electrons. The van der Waals surface area contributed by atoms with Crippen molar-refractivity contribution in [2.24, 2.45) is 0 Å². The average molecular weight is 451 g/mol. The minimum absolute atomic E-state index is 0.137. The SMILES string of the molecule is COc1cc2c(c3oc(=O)c(CC(=O)Nc4ccc5c(c4)OCO5)c(C)c13)CCC(C)(C)O2. The highest BCUT2D eigenvalue weighted by Gasteiger charge is 2.31. The fourth-order valence-electron chi connectivity index (χ4n) is 4.39. The Morgan fingerprint density at radius 1 is 1.15 bits per heavy atom. The number of fused-ring (bicyclic) bond motifs is 4. The van der Waals surface area contributed by atoms with Crippen LogP contribution in [0.25, 0.3) is 11.0 Å². The van der Waals surface area contributed by atoms with Gasteiger partial charge in [0.2, 0.25) is 12.7 Å². The second-order valence-corrected chi connectivity index (χ2v) is 8.91. The number of hydrogen-bond donors (Lipinski definition) is 1. The van der Waals surface area contributed by atoms with E-state index in [-0.39, 0.29) is 30.3 Å². The molecule has 8 nitrogen and oxygen atoms in total. The fraction of sp³-hybridized carbons (Fsp3) is 0.360. The monoisotopic (exact) mass is 451 g/mol. The summed E-state index contributed by atoms with van der Waals surface area (Å²) < 4.78 is 28.1. The first kappa shape index (κ1) is 21.2. The van der Waals surface area contributed by atoms with Gasteiger partial charge in [0, 0.05) is 23.4 Å². The van der Waals surface area contributed by atoms with Crippen molar-refractivity contribution in [2.45, 2.75) is 45.6 Å². The Hall–Kier alpha value is -3.68. The van der Waals surface area contributed by atoms with Crippen molar-refractivity contribution in [1.82, 2.24) is 0 Å². The number of benzene rings is 2. The molecule has 0 saturated carbocycles. The third-order valence-electron chi connectivity index (χ3n) is 6.15. The van der Waals surface area contributed by atoms with Crippen molar-refractivity contribution in [1.29, 1.82) is 0 Å². The van der Waals surface area contributed by atoms with E-state index in [2.05, 4.69) is 5.32 Å². The Kier molecular flexibility index (Phi) is 4.96. The normalized spacial score (nSPS) is 15.6. The molecular formula is C25H25NO7. The molecule has 2 aromatic carbocycles. The summed E-state index contributed by atoms with van der Waals surface area (Å²) in [7, 11) is 1.56. The maximum Gasteiger partial charge on any atom is 0.340 e. The Morgan fingerprint density at radius 3 is 2.73 bits per heavy atom. The average Bonchev–Trinajstić information content (AvgIpc) is 3.23. The van der Waals surface area contributed by atoms with Crippen molar-refractivity contribution >= 4 is 22.6 Å². The van der Waals surface area contributed by atoms with E-state index in [9.17, 15) is 9.59 Å². The van der Waals surface area contributed by atoms with Crippen molar-refractivity contribution in [3.05, 3.63) is 51.4 Å². The second kappa shape index (κ2) is 7.72. The van der Waals surface area contributed by atoms with Crippen LogP contribution in [0.1, 0.15) is 37.0 Å². The van der Waals surface area contributed by atoms with Gasteiger partial charge >= 0.3 is 5.63 Å². The standard InChI is InChI=1S/C25H25NO7/c1-13-16(10-21(27)26-14-5-6-17-19(9-14)31-12-30-17)24(28)32-23-15-7-8-25(2,3)33-18(15)11-20(29-4)22(13)23/h5-6,9,11H,7-8,10,12H2,1-4H3,(H,26,27). The van der Waals surface area contributed by atoms with Gasteiger partial charge in [0.15, 0.2) is 11.5 Å². The second-order valence-electron chi connectivity index (χ2n) is 8.91. The number of carbonyl (C=O) groups excluding carboxylic acids is 1.